The summed E-state index contributed by atoms with van der Waals surface area (Å²) >= 11 is 0. The van der Waals surface area contributed by atoms with Gasteiger partial charge in [0.25, 0.3) is 0 Å². The third-order valence-corrected chi connectivity index (χ3v) is 5.88. The van der Waals surface area contributed by atoms with Gasteiger partial charge < -0.3 is 23.7 Å². The highest BCUT2D eigenvalue weighted by Crippen LogP contribution is 2.38. The van der Waals surface area contributed by atoms with Gasteiger partial charge in [-0.15, -0.1) is 0 Å². The average Bonchev–Trinajstić information content (AvgIpc) is 2.86. The maximum absolute atomic E-state index is 13.0. The minimum atomic E-state index is -0.641. The molecule has 0 atom stereocenters. The number of rotatable bonds is 11. The van der Waals surface area contributed by atoms with Crippen molar-refractivity contribution in [2.24, 2.45) is 10.8 Å². The van der Waals surface area contributed by atoms with Crippen molar-refractivity contribution in [1.82, 2.24) is 0 Å². The Kier molecular flexibility index (Phi) is 11.4. The number of hydrogen-bond acceptors (Lipinski definition) is 8. The Morgan fingerprint density at radius 1 is 0.738 bits per heavy atom. The van der Waals surface area contributed by atoms with E-state index in [2.05, 4.69) is 0 Å². The molecule has 0 unspecified atom stereocenters. The summed E-state index contributed by atoms with van der Waals surface area (Å²) in [6, 6.07) is 10.3. The molecule has 0 heterocycles. The molecule has 0 radical (unpaired) electrons. The van der Waals surface area contributed by atoms with Gasteiger partial charge in [-0.25, -0.2) is 0 Å². The number of benzene rings is 2. The van der Waals surface area contributed by atoms with E-state index in [-0.39, 0.29) is 42.8 Å². The largest absolute Gasteiger partial charge is 0.490 e. The number of carbonyl (C=O) groups is 3. The zero-order valence-corrected chi connectivity index (χ0v) is 26.9. The van der Waals surface area contributed by atoms with Crippen molar-refractivity contribution < 1.29 is 38.1 Å². The smallest absolute Gasteiger partial charge is 0.314 e. The molecule has 0 aliphatic rings. The van der Waals surface area contributed by atoms with E-state index in [1.54, 1.807) is 78.0 Å². The SMILES string of the molecule is CC(C)Oc1cc(OCOC(=O)C(C)(C)C)c(C(C)(C)C)cc1/C=C/C(=O)c1ccc(OCOC(=O)C(C)(C)C)cc1. The molecule has 0 saturated carbocycles. The summed E-state index contributed by atoms with van der Waals surface area (Å²) in [5, 5.41) is 0. The molecule has 0 spiro atoms. The number of hydrogen-bond donors (Lipinski definition) is 0. The van der Waals surface area contributed by atoms with Gasteiger partial charge in [-0.3, -0.25) is 14.4 Å². The molecule has 8 nitrogen and oxygen atoms in total. The van der Waals surface area contributed by atoms with Gasteiger partial charge in [0.15, 0.2) is 5.78 Å². The van der Waals surface area contributed by atoms with Gasteiger partial charge in [0.2, 0.25) is 13.6 Å². The lowest BCUT2D eigenvalue weighted by molar-refractivity contribution is -0.160. The van der Waals surface area contributed by atoms with Crippen molar-refractivity contribution in [2.45, 2.75) is 87.7 Å². The second kappa shape index (κ2) is 13.9. The first-order valence-electron chi connectivity index (χ1n) is 14.1. The van der Waals surface area contributed by atoms with Gasteiger partial charge in [-0.2, -0.15) is 0 Å². The van der Waals surface area contributed by atoms with E-state index in [0.29, 0.717) is 28.4 Å². The van der Waals surface area contributed by atoms with E-state index in [4.69, 9.17) is 23.7 Å². The highest BCUT2D eigenvalue weighted by molar-refractivity contribution is 6.07. The minimum Gasteiger partial charge on any atom is -0.490 e. The fourth-order valence-electron chi connectivity index (χ4n) is 3.48. The molecule has 0 saturated heterocycles. The summed E-state index contributed by atoms with van der Waals surface area (Å²) in [6.45, 7) is 20.2. The highest BCUT2D eigenvalue weighted by Gasteiger charge is 2.26. The Hall–Kier alpha value is -3.81. The van der Waals surface area contributed by atoms with Crippen LogP contribution >= 0.6 is 0 Å². The Balaban J connectivity index is 2.24. The lowest BCUT2D eigenvalue weighted by atomic mass is 9.85. The first-order chi connectivity index (χ1) is 19.3. The molecule has 0 aliphatic heterocycles. The quantitative estimate of drug-likeness (QED) is 0.116. The fourth-order valence-corrected chi connectivity index (χ4v) is 3.48. The summed E-state index contributed by atoms with van der Waals surface area (Å²) in [4.78, 5) is 37.1. The molecule has 0 amide bonds. The summed E-state index contributed by atoms with van der Waals surface area (Å²) in [5.74, 6) is 0.616. The van der Waals surface area contributed by atoms with E-state index >= 15 is 0 Å². The van der Waals surface area contributed by atoms with Gasteiger partial charge in [0, 0.05) is 22.8 Å². The lowest BCUT2D eigenvalue weighted by Gasteiger charge is -2.25. The van der Waals surface area contributed by atoms with Crippen molar-refractivity contribution >= 4 is 23.8 Å². The van der Waals surface area contributed by atoms with Crippen LogP contribution in [0.4, 0.5) is 0 Å². The second-order valence-electron chi connectivity index (χ2n) is 13.4. The van der Waals surface area contributed by atoms with Crippen LogP contribution in [0.1, 0.15) is 97.6 Å². The number of allylic oxidation sites excluding steroid dienone is 1. The number of esters is 2. The molecule has 0 bridgehead atoms. The van der Waals surface area contributed by atoms with E-state index < -0.39 is 10.8 Å². The van der Waals surface area contributed by atoms with Crippen LogP contribution in [0.25, 0.3) is 6.08 Å². The van der Waals surface area contributed by atoms with E-state index in [1.165, 1.54) is 6.08 Å². The molecule has 2 aromatic carbocycles. The van der Waals surface area contributed by atoms with E-state index in [1.807, 2.05) is 40.7 Å². The average molecular weight is 583 g/mol. The summed E-state index contributed by atoms with van der Waals surface area (Å²) in [6.07, 6.45) is 3.08. The monoisotopic (exact) mass is 582 g/mol. The summed E-state index contributed by atoms with van der Waals surface area (Å²) < 4.78 is 27.9. The maximum atomic E-state index is 13.0. The number of ether oxygens (including phenoxy) is 5. The van der Waals surface area contributed by atoms with Crippen LogP contribution in [-0.2, 0) is 24.5 Å². The Morgan fingerprint density at radius 3 is 1.74 bits per heavy atom. The van der Waals surface area contributed by atoms with Gasteiger partial charge >= 0.3 is 11.9 Å². The summed E-state index contributed by atoms with van der Waals surface area (Å²) in [5.41, 5.74) is 0.468. The van der Waals surface area contributed by atoms with Gasteiger partial charge in [-0.05, 0) is 103 Å². The molecule has 2 aromatic rings. The zero-order valence-electron chi connectivity index (χ0n) is 26.9. The predicted molar refractivity (Wildman–Crippen MR) is 163 cm³/mol. The molecule has 0 N–H and O–H groups in total. The van der Waals surface area contributed by atoms with Gasteiger partial charge in [-0.1, -0.05) is 20.8 Å². The van der Waals surface area contributed by atoms with Crippen LogP contribution in [0, 0.1) is 10.8 Å². The predicted octanol–water partition coefficient (Wildman–Crippen LogP) is 7.52. The van der Waals surface area contributed by atoms with Crippen LogP contribution in [0.2, 0.25) is 0 Å². The van der Waals surface area contributed by atoms with Crippen LogP contribution in [-0.4, -0.2) is 37.4 Å². The topological polar surface area (TPSA) is 97.4 Å². The van der Waals surface area contributed by atoms with E-state index in [0.717, 1.165) is 5.56 Å². The maximum Gasteiger partial charge on any atom is 0.314 e. The molecule has 0 aliphatic carbocycles. The number of ketones is 1. The molecular weight excluding hydrogens is 536 g/mol. The standard InChI is InChI=1S/C34H46O8/c1-22(2)42-28-19-29(39-21-41-31(37)34(9,10)11)26(32(3,4)5)18-24(28)14-17-27(35)23-12-15-25(16-13-23)38-20-40-30(36)33(6,7)8/h12-19,22H,20-21H2,1-11H3/b17-14+. The third kappa shape index (κ3) is 10.5. The third-order valence-electron chi connectivity index (χ3n) is 5.88. The summed E-state index contributed by atoms with van der Waals surface area (Å²) in [7, 11) is 0. The lowest BCUT2D eigenvalue weighted by Crippen LogP contribution is -2.25. The van der Waals surface area contributed by atoms with Crippen molar-refractivity contribution in [2.75, 3.05) is 13.6 Å². The molecular formula is C34H46O8. The Bertz CT molecular complexity index is 1270. The van der Waals surface area contributed by atoms with Crippen molar-refractivity contribution in [3.8, 4) is 17.2 Å². The molecule has 8 heteroatoms. The second-order valence-corrected chi connectivity index (χ2v) is 13.4. The van der Waals surface area contributed by atoms with Crippen molar-refractivity contribution in [3.05, 3.63) is 59.2 Å². The molecule has 42 heavy (non-hydrogen) atoms. The zero-order chi connectivity index (χ0) is 31.9. The van der Waals surface area contributed by atoms with Crippen molar-refractivity contribution in [3.63, 3.8) is 0 Å². The van der Waals surface area contributed by atoms with E-state index in [9.17, 15) is 14.4 Å². The molecule has 0 fully saturated rings. The fraction of sp³-hybridized carbons (Fsp3) is 0.500. The molecule has 230 valence electrons. The first-order valence-corrected chi connectivity index (χ1v) is 14.1. The minimum absolute atomic E-state index is 0.130. The van der Waals surface area contributed by atoms with Gasteiger partial charge in [0.1, 0.15) is 17.2 Å². The number of carbonyl (C=O) groups excluding carboxylic acids is 3. The van der Waals surface area contributed by atoms with Crippen LogP contribution in [0.5, 0.6) is 17.2 Å². The van der Waals surface area contributed by atoms with Gasteiger partial charge in [0.05, 0.1) is 16.9 Å². The van der Waals surface area contributed by atoms with Crippen molar-refractivity contribution in [1.29, 1.82) is 0 Å². The highest BCUT2D eigenvalue weighted by atomic mass is 16.7. The van der Waals surface area contributed by atoms with Crippen LogP contribution in [0.15, 0.2) is 42.5 Å². The normalized spacial score (nSPS) is 12.3. The Morgan fingerprint density at radius 2 is 1.26 bits per heavy atom. The first kappa shape index (κ1) is 34.4. The molecule has 2 rings (SSSR count). The van der Waals surface area contributed by atoms with Crippen LogP contribution < -0.4 is 14.2 Å². The Labute approximate surface area is 250 Å². The van der Waals surface area contributed by atoms with Crippen LogP contribution in [0.3, 0.4) is 0 Å². The molecule has 0 aromatic heterocycles.